The Morgan fingerprint density at radius 1 is 1.69 bits per heavy atom. The fraction of sp³-hybridized carbons (Fsp3) is 0.714. The van der Waals surface area contributed by atoms with Gasteiger partial charge in [-0.3, -0.25) is 10.1 Å². The van der Waals surface area contributed by atoms with E-state index in [1.54, 1.807) is 6.92 Å². The van der Waals surface area contributed by atoms with Crippen molar-refractivity contribution in [3.63, 3.8) is 0 Å². The minimum absolute atomic E-state index is 0.0151. The Labute approximate surface area is 74.8 Å². The molecule has 1 aliphatic rings. The fourth-order valence-electron chi connectivity index (χ4n) is 0.968. The van der Waals surface area contributed by atoms with Crippen LogP contribution in [0.4, 0.5) is 0 Å². The van der Waals surface area contributed by atoms with Crippen molar-refractivity contribution in [1.82, 2.24) is 5.32 Å². The van der Waals surface area contributed by atoms with Gasteiger partial charge in [-0.25, -0.2) is 4.79 Å². The van der Waals surface area contributed by atoms with E-state index in [4.69, 9.17) is 9.84 Å². The topological polar surface area (TPSA) is 84.9 Å². The number of hydrogen-bond acceptors (Lipinski definition) is 5. The lowest BCUT2D eigenvalue weighted by atomic mass is 10.3. The maximum atomic E-state index is 11.0. The molecule has 2 N–H and O–H groups in total. The summed E-state index contributed by atoms with van der Waals surface area (Å²) in [6, 6.07) is -0.825. The largest absolute Gasteiger partial charge is 0.480 e. The van der Waals surface area contributed by atoms with E-state index in [0.29, 0.717) is 0 Å². The molecular formula is C7H11NO5. The number of carbonyl (C=O) groups is 2. The third-order valence-electron chi connectivity index (χ3n) is 1.58. The standard InChI is InChI=1S/C7H11NO5/c1-2-12-7(11)5-8-4(3-13-5)6(9)10/h4-5,8H,2-3H2,1H3,(H,9,10). The molecule has 0 amide bonds. The second-order valence-corrected chi connectivity index (χ2v) is 2.52. The summed E-state index contributed by atoms with van der Waals surface area (Å²) in [6.45, 7) is 1.90. The van der Waals surface area contributed by atoms with Crippen molar-refractivity contribution in [3.05, 3.63) is 0 Å². The van der Waals surface area contributed by atoms with Gasteiger partial charge in [0.15, 0.2) is 0 Å². The third kappa shape index (κ3) is 2.40. The number of rotatable bonds is 3. The van der Waals surface area contributed by atoms with Crippen LogP contribution in [0.5, 0.6) is 0 Å². The minimum Gasteiger partial charge on any atom is -0.480 e. The molecule has 74 valence electrons. The predicted molar refractivity (Wildman–Crippen MR) is 40.9 cm³/mol. The van der Waals surface area contributed by atoms with Gasteiger partial charge in [0.1, 0.15) is 6.04 Å². The Balaban J connectivity index is 2.40. The molecule has 6 heteroatoms. The van der Waals surface area contributed by atoms with Gasteiger partial charge in [0, 0.05) is 0 Å². The number of nitrogens with one attached hydrogen (secondary N) is 1. The molecular weight excluding hydrogens is 178 g/mol. The molecule has 1 rings (SSSR count). The van der Waals surface area contributed by atoms with Crippen molar-refractivity contribution in [2.75, 3.05) is 13.2 Å². The maximum Gasteiger partial charge on any atom is 0.350 e. The highest BCUT2D eigenvalue weighted by atomic mass is 16.6. The summed E-state index contributed by atoms with van der Waals surface area (Å²) in [7, 11) is 0. The third-order valence-corrected chi connectivity index (χ3v) is 1.58. The number of esters is 1. The normalized spacial score (nSPS) is 27.2. The second-order valence-electron chi connectivity index (χ2n) is 2.52. The van der Waals surface area contributed by atoms with Crippen LogP contribution >= 0.6 is 0 Å². The van der Waals surface area contributed by atoms with E-state index in [-0.39, 0.29) is 13.2 Å². The van der Waals surface area contributed by atoms with Crippen LogP contribution in [-0.2, 0) is 19.1 Å². The number of ether oxygens (including phenoxy) is 2. The van der Waals surface area contributed by atoms with Gasteiger partial charge in [0.05, 0.1) is 13.2 Å². The van der Waals surface area contributed by atoms with Crippen LogP contribution in [-0.4, -0.2) is 42.5 Å². The summed E-state index contributed by atoms with van der Waals surface area (Å²) >= 11 is 0. The zero-order chi connectivity index (χ0) is 9.84. The molecule has 0 saturated carbocycles. The monoisotopic (exact) mass is 189 g/mol. The Morgan fingerprint density at radius 3 is 2.85 bits per heavy atom. The number of carbonyl (C=O) groups excluding carboxylic acids is 1. The Bertz CT molecular complexity index is 217. The van der Waals surface area contributed by atoms with E-state index in [1.807, 2.05) is 0 Å². The van der Waals surface area contributed by atoms with Gasteiger partial charge in [-0.15, -0.1) is 0 Å². The summed E-state index contributed by atoms with van der Waals surface area (Å²) in [5, 5.41) is 11.0. The molecule has 0 radical (unpaired) electrons. The van der Waals surface area contributed by atoms with Crippen molar-refractivity contribution in [2.24, 2.45) is 0 Å². The number of aliphatic carboxylic acids is 1. The van der Waals surface area contributed by atoms with Gasteiger partial charge in [-0.2, -0.15) is 0 Å². The Hall–Kier alpha value is -1.14. The maximum absolute atomic E-state index is 11.0. The molecule has 2 unspecified atom stereocenters. The highest BCUT2D eigenvalue weighted by Crippen LogP contribution is 2.04. The zero-order valence-electron chi connectivity index (χ0n) is 7.15. The summed E-state index contributed by atoms with van der Waals surface area (Å²) in [5.74, 6) is -1.61. The first-order valence-electron chi connectivity index (χ1n) is 3.92. The zero-order valence-corrected chi connectivity index (χ0v) is 7.15. The molecule has 13 heavy (non-hydrogen) atoms. The molecule has 1 aliphatic heterocycles. The summed E-state index contributed by atoms with van der Waals surface area (Å²) in [6.07, 6.45) is -0.943. The highest BCUT2D eigenvalue weighted by Gasteiger charge is 2.34. The molecule has 0 spiro atoms. The van der Waals surface area contributed by atoms with E-state index in [9.17, 15) is 9.59 Å². The fourth-order valence-corrected chi connectivity index (χ4v) is 0.968. The minimum atomic E-state index is -1.04. The molecule has 0 aliphatic carbocycles. The first-order chi connectivity index (χ1) is 6.15. The van der Waals surface area contributed by atoms with Crippen molar-refractivity contribution in [1.29, 1.82) is 0 Å². The first-order valence-corrected chi connectivity index (χ1v) is 3.92. The van der Waals surface area contributed by atoms with Crippen molar-refractivity contribution in [3.8, 4) is 0 Å². The van der Waals surface area contributed by atoms with Crippen LogP contribution in [0, 0.1) is 0 Å². The average Bonchev–Trinajstić information content (AvgIpc) is 2.52. The van der Waals surface area contributed by atoms with E-state index < -0.39 is 24.2 Å². The molecule has 0 aromatic heterocycles. The van der Waals surface area contributed by atoms with Gasteiger partial charge in [-0.1, -0.05) is 0 Å². The quantitative estimate of drug-likeness (QED) is 0.551. The van der Waals surface area contributed by atoms with Gasteiger partial charge >= 0.3 is 11.9 Å². The van der Waals surface area contributed by atoms with Gasteiger partial charge < -0.3 is 14.6 Å². The van der Waals surface area contributed by atoms with Crippen molar-refractivity contribution < 1.29 is 24.2 Å². The summed E-state index contributed by atoms with van der Waals surface area (Å²) in [5.41, 5.74) is 0. The smallest absolute Gasteiger partial charge is 0.350 e. The van der Waals surface area contributed by atoms with Crippen LogP contribution in [0.15, 0.2) is 0 Å². The Morgan fingerprint density at radius 2 is 2.38 bits per heavy atom. The molecule has 0 aromatic rings. The van der Waals surface area contributed by atoms with Gasteiger partial charge in [-0.05, 0) is 6.92 Å². The molecule has 1 heterocycles. The molecule has 0 bridgehead atoms. The number of carboxylic acids is 1. The van der Waals surface area contributed by atoms with E-state index >= 15 is 0 Å². The molecule has 1 fully saturated rings. The molecule has 2 atom stereocenters. The van der Waals surface area contributed by atoms with Crippen LogP contribution < -0.4 is 5.32 Å². The number of carboxylic acid groups (broad SMARTS) is 1. The van der Waals surface area contributed by atoms with Crippen LogP contribution in [0.2, 0.25) is 0 Å². The number of hydrogen-bond donors (Lipinski definition) is 2. The lowest BCUT2D eigenvalue weighted by molar-refractivity contribution is -0.154. The van der Waals surface area contributed by atoms with Crippen molar-refractivity contribution >= 4 is 11.9 Å². The van der Waals surface area contributed by atoms with E-state index in [1.165, 1.54) is 0 Å². The van der Waals surface area contributed by atoms with Crippen molar-refractivity contribution in [2.45, 2.75) is 19.2 Å². The van der Waals surface area contributed by atoms with Crippen LogP contribution in [0.3, 0.4) is 0 Å². The molecule has 1 saturated heterocycles. The van der Waals surface area contributed by atoms with E-state index in [2.05, 4.69) is 10.1 Å². The highest BCUT2D eigenvalue weighted by molar-refractivity contribution is 5.78. The van der Waals surface area contributed by atoms with Crippen LogP contribution in [0.1, 0.15) is 6.92 Å². The van der Waals surface area contributed by atoms with Gasteiger partial charge in [0.2, 0.25) is 6.23 Å². The van der Waals surface area contributed by atoms with E-state index in [0.717, 1.165) is 0 Å². The Kier molecular flexibility index (Phi) is 3.21. The molecule has 0 aromatic carbocycles. The van der Waals surface area contributed by atoms with Crippen LogP contribution in [0.25, 0.3) is 0 Å². The summed E-state index contributed by atoms with van der Waals surface area (Å²) in [4.78, 5) is 21.4. The van der Waals surface area contributed by atoms with Gasteiger partial charge in [0.25, 0.3) is 0 Å². The molecule has 6 nitrogen and oxygen atoms in total. The average molecular weight is 189 g/mol. The second kappa shape index (κ2) is 4.20. The lowest BCUT2D eigenvalue weighted by Gasteiger charge is -2.08. The predicted octanol–water partition coefficient (Wildman–Crippen LogP) is -1.05. The summed E-state index contributed by atoms with van der Waals surface area (Å²) < 4.78 is 9.51. The SMILES string of the molecule is CCOC(=O)C1NC(C(=O)O)CO1. The first kappa shape index (κ1) is 9.94. The lowest BCUT2D eigenvalue weighted by Crippen LogP contribution is -2.41.